The Morgan fingerprint density at radius 1 is 1.11 bits per heavy atom. The molecule has 1 unspecified atom stereocenters. The highest BCUT2D eigenvalue weighted by molar-refractivity contribution is 5.80. The minimum Gasteiger partial charge on any atom is -0.473 e. The Labute approximate surface area is 217 Å². The van der Waals surface area contributed by atoms with Crippen LogP contribution in [0, 0.1) is 24.6 Å². The fourth-order valence-corrected chi connectivity index (χ4v) is 5.95. The molecule has 5 nitrogen and oxygen atoms in total. The van der Waals surface area contributed by atoms with E-state index >= 15 is 4.39 Å². The second-order valence-corrected chi connectivity index (χ2v) is 11.5. The van der Waals surface area contributed by atoms with Gasteiger partial charge in [-0.1, -0.05) is 24.3 Å². The molecule has 192 valence electrons. The van der Waals surface area contributed by atoms with Gasteiger partial charge < -0.3 is 14.2 Å². The lowest BCUT2D eigenvalue weighted by atomic mass is 9.89. The number of ether oxygens (including phenoxy) is 3. The maximum atomic E-state index is 15.0. The molecular weight excluding hydrogens is 469 g/mol. The molecule has 1 aromatic heterocycles. The van der Waals surface area contributed by atoms with Crippen LogP contribution >= 0.6 is 0 Å². The van der Waals surface area contributed by atoms with Crippen molar-refractivity contribution in [1.82, 2.24) is 4.98 Å². The number of carbonyl (C=O) groups is 1. The van der Waals surface area contributed by atoms with Gasteiger partial charge in [-0.3, -0.25) is 4.79 Å². The van der Waals surface area contributed by atoms with E-state index < -0.39 is 5.60 Å². The maximum Gasteiger partial charge on any atom is 0.310 e. The predicted molar refractivity (Wildman–Crippen MR) is 137 cm³/mol. The summed E-state index contributed by atoms with van der Waals surface area (Å²) in [4.78, 5) is 17.0. The summed E-state index contributed by atoms with van der Waals surface area (Å²) in [5, 5.41) is 0. The Kier molecular flexibility index (Phi) is 5.83. The Hall–Kier alpha value is -3.25. The summed E-state index contributed by atoms with van der Waals surface area (Å²) in [5.41, 5.74) is 6.49. The Morgan fingerprint density at radius 2 is 1.92 bits per heavy atom. The van der Waals surface area contributed by atoms with Crippen molar-refractivity contribution in [3.63, 3.8) is 0 Å². The van der Waals surface area contributed by atoms with Gasteiger partial charge in [-0.15, -0.1) is 0 Å². The van der Waals surface area contributed by atoms with E-state index in [2.05, 4.69) is 24.0 Å². The van der Waals surface area contributed by atoms with Gasteiger partial charge in [0.2, 0.25) is 5.88 Å². The predicted octanol–water partition coefficient (Wildman–Crippen LogP) is 6.00. The number of rotatable bonds is 5. The molecule has 4 atom stereocenters. The van der Waals surface area contributed by atoms with Crippen LogP contribution in [0.1, 0.15) is 71.7 Å². The molecule has 1 saturated carbocycles. The molecular formula is C31H32FNO4. The highest BCUT2D eigenvalue weighted by atomic mass is 19.1. The highest BCUT2D eigenvalue weighted by Gasteiger charge is 2.60. The van der Waals surface area contributed by atoms with E-state index in [1.807, 2.05) is 51.2 Å². The smallest absolute Gasteiger partial charge is 0.310 e. The lowest BCUT2D eigenvalue weighted by molar-refractivity contribution is -0.157. The lowest BCUT2D eigenvalue weighted by Gasteiger charge is -2.28. The summed E-state index contributed by atoms with van der Waals surface area (Å²) in [7, 11) is 0. The zero-order chi connectivity index (χ0) is 25.9. The van der Waals surface area contributed by atoms with Crippen molar-refractivity contribution >= 4 is 5.97 Å². The molecule has 37 heavy (non-hydrogen) atoms. The van der Waals surface area contributed by atoms with Gasteiger partial charge in [0.05, 0.1) is 12.5 Å². The van der Waals surface area contributed by atoms with E-state index in [9.17, 15) is 4.79 Å². The molecule has 1 aliphatic heterocycles. The zero-order valence-corrected chi connectivity index (χ0v) is 21.7. The first-order valence-electron chi connectivity index (χ1n) is 13.0. The van der Waals surface area contributed by atoms with Gasteiger partial charge >= 0.3 is 5.97 Å². The van der Waals surface area contributed by atoms with Gasteiger partial charge in [0.25, 0.3) is 0 Å². The molecule has 2 aliphatic carbocycles. The normalized spacial score (nSPS) is 23.6. The second-order valence-electron chi connectivity index (χ2n) is 11.5. The monoisotopic (exact) mass is 501 g/mol. The summed E-state index contributed by atoms with van der Waals surface area (Å²) < 4.78 is 32.7. The quantitative estimate of drug-likeness (QED) is 0.402. The number of aryl methyl sites for hydroxylation is 1. The van der Waals surface area contributed by atoms with Crippen molar-refractivity contribution in [3.8, 4) is 5.88 Å². The molecule has 1 fully saturated rings. The van der Waals surface area contributed by atoms with E-state index in [1.54, 1.807) is 6.07 Å². The van der Waals surface area contributed by atoms with E-state index in [1.165, 1.54) is 0 Å². The molecule has 0 spiro atoms. The number of aromatic nitrogens is 1. The molecule has 6 rings (SSSR count). The van der Waals surface area contributed by atoms with Crippen LogP contribution in [-0.4, -0.2) is 23.2 Å². The topological polar surface area (TPSA) is 57.7 Å². The number of nitrogens with zero attached hydrogens (tertiary/aromatic N) is 1. The van der Waals surface area contributed by atoms with Gasteiger partial charge in [0.1, 0.15) is 24.1 Å². The van der Waals surface area contributed by atoms with Gasteiger partial charge in [0, 0.05) is 23.7 Å². The van der Waals surface area contributed by atoms with Crippen LogP contribution in [0.25, 0.3) is 0 Å². The van der Waals surface area contributed by atoms with Crippen LogP contribution in [0.2, 0.25) is 0 Å². The number of esters is 1. The number of hydrogen-bond donors (Lipinski definition) is 0. The summed E-state index contributed by atoms with van der Waals surface area (Å²) in [6.45, 7) is 8.39. The Balaban J connectivity index is 1.17. The minimum atomic E-state index is -0.481. The molecule has 6 heteroatoms. The number of carbonyl (C=O) groups excluding carboxylic acids is 1. The van der Waals surface area contributed by atoms with E-state index in [0.29, 0.717) is 24.5 Å². The number of benzene rings is 2. The molecule has 3 aromatic rings. The first kappa shape index (κ1) is 24.1. The summed E-state index contributed by atoms with van der Waals surface area (Å²) >= 11 is 0. The van der Waals surface area contributed by atoms with Crippen molar-refractivity contribution in [2.45, 2.75) is 64.8 Å². The van der Waals surface area contributed by atoms with Crippen molar-refractivity contribution in [1.29, 1.82) is 0 Å². The molecule has 0 amide bonds. The van der Waals surface area contributed by atoms with Crippen LogP contribution in [0.3, 0.4) is 0 Å². The van der Waals surface area contributed by atoms with Crippen LogP contribution < -0.4 is 4.74 Å². The largest absolute Gasteiger partial charge is 0.473 e. The van der Waals surface area contributed by atoms with Crippen molar-refractivity contribution in [2.75, 3.05) is 6.61 Å². The van der Waals surface area contributed by atoms with Gasteiger partial charge in [-0.05, 0) is 92.0 Å². The average Bonchev–Trinajstić information content (AvgIpc) is 3.44. The molecule has 3 aliphatic rings. The Bertz CT molecular complexity index is 1380. The summed E-state index contributed by atoms with van der Waals surface area (Å²) in [5.74, 6) is 0.461. The number of pyridine rings is 1. The number of fused-ring (bicyclic) bond motifs is 4. The van der Waals surface area contributed by atoms with Crippen LogP contribution in [0.4, 0.5) is 4.39 Å². The van der Waals surface area contributed by atoms with Crippen molar-refractivity contribution in [2.24, 2.45) is 11.8 Å². The van der Waals surface area contributed by atoms with E-state index in [4.69, 9.17) is 14.2 Å². The molecule has 0 saturated heterocycles. The van der Waals surface area contributed by atoms with E-state index in [0.717, 1.165) is 39.8 Å². The van der Waals surface area contributed by atoms with E-state index in [-0.39, 0.29) is 42.3 Å². The van der Waals surface area contributed by atoms with Crippen LogP contribution in [-0.2, 0) is 33.7 Å². The second kappa shape index (κ2) is 8.95. The summed E-state index contributed by atoms with van der Waals surface area (Å²) in [6, 6.07) is 13.6. The third-order valence-electron chi connectivity index (χ3n) is 7.75. The fraction of sp³-hybridized carbons (Fsp3) is 0.419. The Morgan fingerprint density at radius 3 is 2.70 bits per heavy atom. The van der Waals surface area contributed by atoms with Crippen LogP contribution in [0.15, 0.2) is 48.7 Å². The zero-order valence-electron chi connectivity index (χ0n) is 21.7. The molecule has 2 heterocycles. The molecule has 0 radical (unpaired) electrons. The highest BCUT2D eigenvalue weighted by Crippen LogP contribution is 2.62. The average molecular weight is 502 g/mol. The standard InChI is InChI=1S/C31H32FNO4/c1-17-7-5-6-8-21(17)29-22-12-20(25(32)13-18(22)9-10-35-29)16-36-26-14-19-11-23-27(24(19)15-33-26)28(23)30(34)37-31(2,3)4/h5-8,12-15,23,27-29H,9-11,16H2,1-4H3/t23-,27-,28+,29?/m1/s1. The fourth-order valence-electron chi connectivity index (χ4n) is 5.95. The van der Waals surface area contributed by atoms with Gasteiger partial charge in [-0.25, -0.2) is 9.37 Å². The number of halogens is 1. The third kappa shape index (κ3) is 4.52. The first-order valence-corrected chi connectivity index (χ1v) is 13.0. The SMILES string of the molecule is Cc1ccccc1C1OCCc2cc(F)c(COc3cc4c(cn3)[C@H]3[C@@H](C4)[C@@H]3C(=O)OC(C)(C)C)cc21. The maximum absolute atomic E-state index is 15.0. The lowest BCUT2D eigenvalue weighted by Crippen LogP contribution is -2.26. The van der Waals surface area contributed by atoms with Gasteiger partial charge in [-0.2, -0.15) is 0 Å². The van der Waals surface area contributed by atoms with Crippen molar-refractivity contribution < 1.29 is 23.4 Å². The summed E-state index contributed by atoms with van der Waals surface area (Å²) in [6.07, 6.45) is 3.10. The third-order valence-corrected chi connectivity index (χ3v) is 7.75. The first-order chi connectivity index (χ1) is 17.7. The van der Waals surface area contributed by atoms with Crippen molar-refractivity contribution in [3.05, 3.63) is 93.4 Å². The molecule has 2 aromatic carbocycles. The molecule has 0 N–H and O–H groups in total. The van der Waals surface area contributed by atoms with Crippen LogP contribution in [0.5, 0.6) is 5.88 Å². The number of hydrogen-bond acceptors (Lipinski definition) is 5. The van der Waals surface area contributed by atoms with Gasteiger partial charge in [0.15, 0.2) is 0 Å². The molecule has 0 bridgehead atoms. The minimum absolute atomic E-state index is 0.0756.